The molecule has 0 aliphatic carbocycles. The van der Waals surface area contributed by atoms with E-state index < -0.39 is 24.0 Å². The van der Waals surface area contributed by atoms with Gasteiger partial charge in [0, 0.05) is 7.11 Å². The van der Waals surface area contributed by atoms with E-state index in [-0.39, 0.29) is 23.2 Å². The van der Waals surface area contributed by atoms with Crippen molar-refractivity contribution in [3.63, 3.8) is 0 Å². The highest BCUT2D eigenvalue weighted by atomic mass is 19.4. The molecule has 114 valence electrons. The van der Waals surface area contributed by atoms with Crippen LogP contribution in [0.4, 0.5) is 13.2 Å². The minimum Gasteiger partial charge on any atom is -0.478 e. The van der Waals surface area contributed by atoms with E-state index in [0.717, 1.165) is 10.6 Å². The Bertz CT molecular complexity index is 679. The SMILES string of the molecule is COCC(C)n1c(C(F)(F)F)nc2cc(C(=O)O)ccc21. The van der Waals surface area contributed by atoms with Crippen molar-refractivity contribution < 1.29 is 27.8 Å². The van der Waals surface area contributed by atoms with Crippen molar-refractivity contribution in [3.05, 3.63) is 29.6 Å². The third-order valence-corrected chi connectivity index (χ3v) is 3.04. The van der Waals surface area contributed by atoms with E-state index in [2.05, 4.69) is 4.98 Å². The number of alkyl halides is 3. The normalized spacial score (nSPS) is 13.6. The summed E-state index contributed by atoms with van der Waals surface area (Å²) in [5, 5.41) is 8.90. The first-order valence-corrected chi connectivity index (χ1v) is 6.07. The third kappa shape index (κ3) is 2.85. The van der Waals surface area contributed by atoms with Crippen molar-refractivity contribution in [2.75, 3.05) is 13.7 Å². The average molecular weight is 302 g/mol. The highest BCUT2D eigenvalue weighted by molar-refractivity contribution is 5.92. The van der Waals surface area contributed by atoms with E-state index >= 15 is 0 Å². The number of fused-ring (bicyclic) bond motifs is 1. The molecule has 1 aromatic heterocycles. The molecular formula is C13H13F3N2O3. The molecule has 1 unspecified atom stereocenters. The van der Waals surface area contributed by atoms with Crippen LogP contribution in [0, 0.1) is 0 Å². The summed E-state index contributed by atoms with van der Waals surface area (Å²) in [5.41, 5.74) is 0.0994. The van der Waals surface area contributed by atoms with Gasteiger partial charge in [-0.15, -0.1) is 0 Å². The van der Waals surface area contributed by atoms with E-state index in [4.69, 9.17) is 9.84 Å². The van der Waals surface area contributed by atoms with Crippen LogP contribution in [0.25, 0.3) is 11.0 Å². The number of nitrogens with zero attached hydrogens (tertiary/aromatic N) is 2. The molecule has 1 aromatic carbocycles. The monoisotopic (exact) mass is 302 g/mol. The summed E-state index contributed by atoms with van der Waals surface area (Å²) in [6.07, 6.45) is -4.63. The molecule has 8 heteroatoms. The fraction of sp³-hybridized carbons (Fsp3) is 0.385. The van der Waals surface area contributed by atoms with Crippen LogP contribution < -0.4 is 0 Å². The summed E-state index contributed by atoms with van der Waals surface area (Å²) in [5.74, 6) is -2.28. The maximum Gasteiger partial charge on any atom is 0.449 e. The molecule has 0 aliphatic rings. The van der Waals surface area contributed by atoms with Crippen LogP contribution in [0.1, 0.15) is 29.1 Å². The minimum atomic E-state index is -4.63. The molecule has 21 heavy (non-hydrogen) atoms. The Kier molecular flexibility index (Phi) is 3.91. The summed E-state index contributed by atoms with van der Waals surface area (Å²) < 4.78 is 45.2. The van der Waals surface area contributed by atoms with Crippen molar-refractivity contribution in [1.29, 1.82) is 0 Å². The van der Waals surface area contributed by atoms with E-state index in [1.807, 2.05) is 0 Å². The van der Waals surface area contributed by atoms with Gasteiger partial charge in [-0.05, 0) is 25.1 Å². The van der Waals surface area contributed by atoms with Crippen molar-refractivity contribution in [1.82, 2.24) is 9.55 Å². The Morgan fingerprint density at radius 1 is 1.48 bits per heavy atom. The number of carboxylic acid groups (broad SMARTS) is 1. The van der Waals surface area contributed by atoms with Crippen LogP contribution in [0.15, 0.2) is 18.2 Å². The zero-order valence-corrected chi connectivity index (χ0v) is 11.3. The number of rotatable bonds is 4. The first-order chi connectivity index (χ1) is 9.75. The lowest BCUT2D eigenvalue weighted by Crippen LogP contribution is -2.20. The molecule has 0 aliphatic heterocycles. The third-order valence-electron chi connectivity index (χ3n) is 3.04. The van der Waals surface area contributed by atoms with Crippen molar-refractivity contribution >= 4 is 17.0 Å². The second kappa shape index (κ2) is 5.36. The summed E-state index contributed by atoms with van der Waals surface area (Å²) in [7, 11) is 1.39. The number of methoxy groups -OCH3 is 1. The zero-order chi connectivity index (χ0) is 15.8. The molecule has 0 bridgehead atoms. The molecule has 0 spiro atoms. The molecule has 2 rings (SSSR count). The molecule has 2 aromatic rings. The maximum atomic E-state index is 13.1. The summed E-state index contributed by atoms with van der Waals surface area (Å²) >= 11 is 0. The topological polar surface area (TPSA) is 64.4 Å². The van der Waals surface area contributed by atoms with Gasteiger partial charge in [0.05, 0.1) is 29.2 Å². The van der Waals surface area contributed by atoms with Gasteiger partial charge in [0.15, 0.2) is 0 Å². The van der Waals surface area contributed by atoms with Crippen molar-refractivity contribution in [2.24, 2.45) is 0 Å². The zero-order valence-electron chi connectivity index (χ0n) is 11.3. The molecule has 0 saturated carbocycles. The van der Waals surface area contributed by atoms with E-state index in [1.165, 1.54) is 19.2 Å². The van der Waals surface area contributed by atoms with E-state index in [1.54, 1.807) is 6.92 Å². The second-order valence-corrected chi connectivity index (χ2v) is 4.62. The minimum absolute atomic E-state index is 0.00909. The Balaban J connectivity index is 2.69. The number of halogens is 3. The quantitative estimate of drug-likeness (QED) is 0.943. The van der Waals surface area contributed by atoms with Crippen LogP contribution in [0.5, 0.6) is 0 Å². The van der Waals surface area contributed by atoms with Gasteiger partial charge in [-0.2, -0.15) is 13.2 Å². The number of aromatic carboxylic acids is 1. The molecule has 0 fully saturated rings. The molecule has 1 N–H and O–H groups in total. The standard InChI is InChI=1S/C13H13F3N2O3/c1-7(6-21-2)18-10-4-3-8(11(19)20)5-9(10)17-12(18)13(14,15)16/h3-5,7H,6H2,1-2H3,(H,19,20). The number of benzene rings is 1. The number of imidazole rings is 1. The van der Waals surface area contributed by atoms with Gasteiger partial charge in [-0.25, -0.2) is 9.78 Å². The van der Waals surface area contributed by atoms with Crippen LogP contribution in [0.2, 0.25) is 0 Å². The smallest absolute Gasteiger partial charge is 0.449 e. The molecule has 0 amide bonds. The molecule has 0 saturated heterocycles. The highest BCUT2D eigenvalue weighted by Gasteiger charge is 2.38. The lowest BCUT2D eigenvalue weighted by molar-refractivity contribution is -0.147. The number of carboxylic acids is 1. The highest BCUT2D eigenvalue weighted by Crippen LogP contribution is 2.34. The fourth-order valence-corrected chi connectivity index (χ4v) is 2.19. The number of hydrogen-bond acceptors (Lipinski definition) is 3. The first-order valence-electron chi connectivity index (χ1n) is 6.07. The van der Waals surface area contributed by atoms with Gasteiger partial charge >= 0.3 is 12.1 Å². The van der Waals surface area contributed by atoms with E-state index in [9.17, 15) is 18.0 Å². The summed E-state index contributed by atoms with van der Waals surface area (Å²) in [4.78, 5) is 14.4. The van der Waals surface area contributed by atoms with Gasteiger partial charge in [0.25, 0.3) is 0 Å². The Labute approximate surface area is 118 Å². The predicted octanol–water partition coefficient (Wildman–Crippen LogP) is 2.96. The van der Waals surface area contributed by atoms with Gasteiger partial charge in [-0.1, -0.05) is 0 Å². The molecular weight excluding hydrogens is 289 g/mol. The lowest BCUT2D eigenvalue weighted by atomic mass is 10.2. The molecule has 1 heterocycles. The Morgan fingerprint density at radius 3 is 2.67 bits per heavy atom. The van der Waals surface area contributed by atoms with E-state index in [0.29, 0.717) is 0 Å². The summed E-state index contributed by atoms with van der Waals surface area (Å²) in [6, 6.07) is 3.12. The maximum absolute atomic E-state index is 13.1. The van der Waals surface area contributed by atoms with Crippen LogP contribution in [-0.4, -0.2) is 34.3 Å². The average Bonchev–Trinajstić information content (AvgIpc) is 2.77. The van der Waals surface area contributed by atoms with Crippen molar-refractivity contribution in [2.45, 2.75) is 19.1 Å². The van der Waals surface area contributed by atoms with Crippen LogP contribution in [-0.2, 0) is 10.9 Å². The first kappa shape index (κ1) is 15.3. The van der Waals surface area contributed by atoms with Gasteiger partial charge in [0.1, 0.15) is 0 Å². The van der Waals surface area contributed by atoms with Gasteiger partial charge in [0.2, 0.25) is 5.82 Å². The van der Waals surface area contributed by atoms with Gasteiger partial charge < -0.3 is 14.4 Å². The van der Waals surface area contributed by atoms with Crippen LogP contribution >= 0.6 is 0 Å². The number of ether oxygens (including phenoxy) is 1. The lowest BCUT2D eigenvalue weighted by Gasteiger charge is -2.17. The molecule has 0 radical (unpaired) electrons. The molecule has 5 nitrogen and oxygen atoms in total. The Morgan fingerprint density at radius 2 is 2.14 bits per heavy atom. The fourth-order valence-electron chi connectivity index (χ4n) is 2.19. The number of hydrogen-bond donors (Lipinski definition) is 1. The van der Waals surface area contributed by atoms with Crippen molar-refractivity contribution in [3.8, 4) is 0 Å². The Hall–Kier alpha value is -2.09. The number of aromatic nitrogens is 2. The van der Waals surface area contributed by atoms with Gasteiger partial charge in [-0.3, -0.25) is 0 Å². The van der Waals surface area contributed by atoms with Crippen LogP contribution in [0.3, 0.4) is 0 Å². The predicted molar refractivity (Wildman–Crippen MR) is 68.3 cm³/mol. The molecule has 1 atom stereocenters. The second-order valence-electron chi connectivity index (χ2n) is 4.62. The number of carbonyl (C=O) groups is 1. The largest absolute Gasteiger partial charge is 0.478 e. The summed E-state index contributed by atoms with van der Waals surface area (Å²) in [6.45, 7) is 1.65.